The molecule has 10 heteroatoms. The fourth-order valence-corrected chi connectivity index (χ4v) is 5.70. The number of allylic oxidation sites excluding steroid dienone is 2. The number of halogens is 2. The molecule has 3 N–H and O–H groups in total. The van der Waals surface area contributed by atoms with Crippen molar-refractivity contribution >= 4 is 51.7 Å². The fraction of sp³-hybridized carbons (Fsp3) is 0.160. The van der Waals surface area contributed by atoms with Gasteiger partial charge in [-0.1, -0.05) is 24.3 Å². The summed E-state index contributed by atoms with van der Waals surface area (Å²) in [6.07, 6.45) is 5.04. The molecule has 35 heavy (non-hydrogen) atoms. The van der Waals surface area contributed by atoms with E-state index < -0.39 is 0 Å². The molecule has 5 rings (SSSR count). The van der Waals surface area contributed by atoms with E-state index in [4.69, 9.17) is 17.3 Å². The number of hydrogen-bond acceptors (Lipinski definition) is 5. The van der Waals surface area contributed by atoms with Gasteiger partial charge in [-0.15, -0.1) is 11.8 Å². The molecule has 0 aliphatic carbocycles. The summed E-state index contributed by atoms with van der Waals surface area (Å²) in [7, 11) is 0. The number of nitrogens with two attached hydrogens (primary N) is 1. The van der Waals surface area contributed by atoms with Crippen LogP contribution >= 0.6 is 23.4 Å². The number of rotatable bonds is 5. The predicted octanol–water partition coefficient (Wildman–Crippen LogP) is 5.29. The largest absolute Gasteiger partial charge is 0.397 e. The average Bonchev–Trinajstić information content (AvgIpc) is 3.36. The third-order valence-corrected chi connectivity index (χ3v) is 7.38. The van der Waals surface area contributed by atoms with Gasteiger partial charge in [0, 0.05) is 22.5 Å². The number of benzene rings is 2. The highest BCUT2D eigenvalue weighted by atomic mass is 35.5. The number of thioether (sulfide) groups is 1. The molecule has 2 aromatic carbocycles. The molecule has 178 valence electrons. The molecule has 0 saturated carbocycles. The number of anilines is 1. The second-order valence-corrected chi connectivity index (χ2v) is 9.49. The van der Waals surface area contributed by atoms with Crippen LogP contribution in [-0.2, 0) is 11.3 Å². The first kappa shape index (κ1) is 23.2. The molecule has 7 nitrogen and oxygen atoms in total. The molecule has 0 saturated heterocycles. The summed E-state index contributed by atoms with van der Waals surface area (Å²) in [5.74, 6) is 0.424. The Morgan fingerprint density at radius 3 is 2.86 bits per heavy atom. The summed E-state index contributed by atoms with van der Waals surface area (Å²) in [5.41, 5.74) is 10.5. The second-order valence-electron chi connectivity index (χ2n) is 7.99. The molecule has 0 bridgehead atoms. The standard InChI is InChI=1S/C25H22ClFN6OS/c1-3-5-19(28)23-22-24(35-13-21(34)30-25(22)32(4-2)31-23)17-10-14-12-29-33(20(14)11-18(17)26)16-8-6-15(27)7-9-16/h3,5-12,24H,1,4,13,28H2,2H3,(H,30,34). The Balaban J connectivity index is 1.69. The van der Waals surface area contributed by atoms with Crippen LogP contribution < -0.4 is 11.1 Å². The van der Waals surface area contributed by atoms with Crippen molar-refractivity contribution in [3.63, 3.8) is 0 Å². The molecular formula is C25H22ClFN6OS. The Labute approximate surface area is 210 Å². The summed E-state index contributed by atoms with van der Waals surface area (Å²) in [6.45, 7) is 6.24. The minimum absolute atomic E-state index is 0.118. The summed E-state index contributed by atoms with van der Waals surface area (Å²) < 4.78 is 16.9. The Kier molecular flexibility index (Phi) is 6.12. The normalized spacial score (nSPS) is 16.1. The van der Waals surface area contributed by atoms with E-state index in [9.17, 15) is 9.18 Å². The van der Waals surface area contributed by atoms with Gasteiger partial charge in [-0.25, -0.2) is 13.8 Å². The van der Waals surface area contributed by atoms with E-state index in [1.54, 1.807) is 39.8 Å². The van der Waals surface area contributed by atoms with Gasteiger partial charge >= 0.3 is 0 Å². The van der Waals surface area contributed by atoms with Gasteiger partial charge < -0.3 is 11.1 Å². The number of nitrogens with zero attached hydrogens (tertiary/aromatic N) is 4. The topological polar surface area (TPSA) is 90.8 Å². The van der Waals surface area contributed by atoms with Crippen molar-refractivity contribution in [1.82, 2.24) is 19.6 Å². The molecular weight excluding hydrogens is 487 g/mol. The molecule has 2 aromatic heterocycles. The Bertz CT molecular complexity index is 1490. The second kappa shape index (κ2) is 9.24. The van der Waals surface area contributed by atoms with Crippen LogP contribution in [0.25, 0.3) is 22.3 Å². The monoisotopic (exact) mass is 508 g/mol. The molecule has 0 fully saturated rings. The van der Waals surface area contributed by atoms with Crippen molar-refractivity contribution in [3.05, 3.63) is 89.0 Å². The lowest BCUT2D eigenvalue weighted by Gasteiger charge is -2.18. The maximum absolute atomic E-state index is 13.4. The van der Waals surface area contributed by atoms with Crippen LogP contribution in [0.15, 0.2) is 61.3 Å². The maximum Gasteiger partial charge on any atom is 0.235 e. The number of carbonyl (C=O) groups is 1. The summed E-state index contributed by atoms with van der Waals surface area (Å²) in [6, 6.07) is 9.92. The van der Waals surface area contributed by atoms with Crippen molar-refractivity contribution < 1.29 is 9.18 Å². The van der Waals surface area contributed by atoms with Crippen LogP contribution in [0, 0.1) is 5.82 Å². The predicted molar refractivity (Wildman–Crippen MR) is 139 cm³/mol. The zero-order valence-corrected chi connectivity index (χ0v) is 20.4. The van der Waals surface area contributed by atoms with E-state index >= 15 is 0 Å². The van der Waals surface area contributed by atoms with Gasteiger partial charge in [-0.05, 0) is 55.0 Å². The number of aromatic nitrogens is 4. The molecule has 4 aromatic rings. The first-order chi connectivity index (χ1) is 16.9. The lowest BCUT2D eigenvalue weighted by Crippen LogP contribution is -2.16. The molecule has 0 radical (unpaired) electrons. The number of hydrogen-bond donors (Lipinski definition) is 2. The minimum atomic E-state index is -0.317. The highest BCUT2D eigenvalue weighted by Gasteiger charge is 2.33. The van der Waals surface area contributed by atoms with Gasteiger partial charge in [0.2, 0.25) is 5.91 Å². The first-order valence-corrected chi connectivity index (χ1v) is 12.4. The summed E-state index contributed by atoms with van der Waals surface area (Å²) in [5, 5.41) is 13.2. The number of carbonyl (C=O) groups excluding carboxylic acids is 1. The number of aryl methyl sites for hydroxylation is 1. The quantitative estimate of drug-likeness (QED) is 0.357. The van der Waals surface area contributed by atoms with Gasteiger partial charge in [0.1, 0.15) is 17.3 Å². The first-order valence-electron chi connectivity index (χ1n) is 10.9. The van der Waals surface area contributed by atoms with E-state index in [0.717, 1.165) is 27.7 Å². The summed E-state index contributed by atoms with van der Waals surface area (Å²) >= 11 is 8.32. The highest BCUT2D eigenvalue weighted by molar-refractivity contribution is 8.00. The van der Waals surface area contributed by atoms with Crippen LogP contribution in [0.5, 0.6) is 0 Å². The molecule has 1 aliphatic rings. The van der Waals surface area contributed by atoms with Gasteiger partial charge in [-0.3, -0.25) is 4.79 Å². The Hall–Kier alpha value is -3.56. The third kappa shape index (κ3) is 4.11. The number of nitrogens with one attached hydrogen (secondary N) is 1. The Morgan fingerprint density at radius 2 is 2.14 bits per heavy atom. The van der Waals surface area contributed by atoms with Gasteiger partial charge in [0.05, 0.1) is 34.1 Å². The smallest absolute Gasteiger partial charge is 0.235 e. The SMILES string of the molecule is C=CC=C(N)c1nn(CC)c2c1C(c1cc3cnn(-c4ccc(F)cc4)c3cc1Cl)SCC(=O)N2. The highest BCUT2D eigenvalue weighted by Crippen LogP contribution is 2.47. The van der Waals surface area contributed by atoms with Crippen LogP contribution in [-0.4, -0.2) is 31.2 Å². The van der Waals surface area contributed by atoms with Crippen LogP contribution in [0.1, 0.15) is 29.0 Å². The van der Waals surface area contributed by atoms with Gasteiger partial charge in [-0.2, -0.15) is 10.2 Å². The van der Waals surface area contributed by atoms with Crippen LogP contribution in [0.3, 0.4) is 0 Å². The lowest BCUT2D eigenvalue weighted by molar-refractivity contribution is -0.113. The van der Waals surface area contributed by atoms with E-state index in [2.05, 4.69) is 22.1 Å². The van der Waals surface area contributed by atoms with Crippen LogP contribution in [0.4, 0.5) is 10.2 Å². The van der Waals surface area contributed by atoms with Crippen molar-refractivity contribution in [3.8, 4) is 5.69 Å². The van der Waals surface area contributed by atoms with Crippen molar-refractivity contribution in [2.24, 2.45) is 5.73 Å². The zero-order chi connectivity index (χ0) is 24.7. The Morgan fingerprint density at radius 1 is 1.37 bits per heavy atom. The van der Waals surface area contributed by atoms with Crippen molar-refractivity contribution in [2.45, 2.75) is 18.7 Å². The average molecular weight is 509 g/mol. The van der Waals surface area contributed by atoms with Gasteiger partial charge in [0.25, 0.3) is 0 Å². The lowest BCUT2D eigenvalue weighted by atomic mass is 10.0. The van der Waals surface area contributed by atoms with E-state index in [1.807, 2.05) is 19.1 Å². The third-order valence-electron chi connectivity index (χ3n) is 5.80. The molecule has 0 spiro atoms. The maximum atomic E-state index is 13.4. The molecule has 1 atom stereocenters. The zero-order valence-electron chi connectivity index (χ0n) is 18.8. The van der Waals surface area contributed by atoms with Crippen LogP contribution in [0.2, 0.25) is 5.02 Å². The van der Waals surface area contributed by atoms with Gasteiger partial charge in [0.15, 0.2) is 0 Å². The van der Waals surface area contributed by atoms with E-state index in [0.29, 0.717) is 28.8 Å². The van der Waals surface area contributed by atoms with E-state index in [-0.39, 0.29) is 22.7 Å². The number of fused-ring (bicyclic) bond motifs is 2. The van der Waals surface area contributed by atoms with Crippen molar-refractivity contribution in [1.29, 1.82) is 0 Å². The van der Waals surface area contributed by atoms with E-state index in [1.165, 1.54) is 23.9 Å². The minimum Gasteiger partial charge on any atom is -0.397 e. The molecule has 1 unspecified atom stereocenters. The van der Waals surface area contributed by atoms with Crippen molar-refractivity contribution in [2.75, 3.05) is 11.1 Å². The number of amides is 1. The summed E-state index contributed by atoms with van der Waals surface area (Å²) in [4.78, 5) is 12.6. The molecule has 1 amide bonds. The molecule has 3 heterocycles. The molecule has 1 aliphatic heterocycles. The fourth-order valence-electron chi connectivity index (χ4n) is 4.21.